The fourth-order valence-electron chi connectivity index (χ4n) is 2.98. The lowest BCUT2D eigenvalue weighted by Gasteiger charge is -2.38. The molecule has 0 spiro atoms. The van der Waals surface area contributed by atoms with Gasteiger partial charge in [-0.25, -0.2) is 0 Å². The van der Waals surface area contributed by atoms with E-state index in [1.165, 1.54) is 0 Å². The number of nitrogens with one attached hydrogen (secondary N) is 1. The van der Waals surface area contributed by atoms with Gasteiger partial charge >= 0.3 is 0 Å². The molecule has 21 heavy (non-hydrogen) atoms. The van der Waals surface area contributed by atoms with Crippen molar-refractivity contribution in [1.29, 1.82) is 0 Å². The third-order valence-electron chi connectivity index (χ3n) is 4.59. The first-order valence-electron chi connectivity index (χ1n) is 7.98. The second kappa shape index (κ2) is 6.82. The average Bonchev–Trinajstić information content (AvgIpc) is 2.93. The number of aromatic nitrogens is 2. The van der Waals surface area contributed by atoms with Crippen LogP contribution in [0.1, 0.15) is 62.6 Å². The molecule has 1 amide bonds. The highest BCUT2D eigenvalue weighted by Crippen LogP contribution is 2.33. The molecular formula is C16H26ClN3O. The van der Waals surface area contributed by atoms with Crippen molar-refractivity contribution in [2.45, 2.75) is 65.0 Å². The molecule has 0 aromatic carbocycles. The van der Waals surface area contributed by atoms with Gasteiger partial charge in [0.05, 0.1) is 11.2 Å². The summed E-state index contributed by atoms with van der Waals surface area (Å²) in [5.74, 6) is 1.16. The van der Waals surface area contributed by atoms with E-state index in [-0.39, 0.29) is 11.4 Å². The molecule has 0 radical (unpaired) electrons. The molecule has 1 aliphatic carbocycles. The molecule has 1 fully saturated rings. The summed E-state index contributed by atoms with van der Waals surface area (Å²) >= 11 is 6.19. The molecule has 4 nitrogen and oxygen atoms in total. The van der Waals surface area contributed by atoms with Gasteiger partial charge in [0, 0.05) is 12.4 Å². The number of aryl methyl sites for hydroxylation is 2. The summed E-state index contributed by atoms with van der Waals surface area (Å²) < 4.78 is 1.78. The van der Waals surface area contributed by atoms with Gasteiger partial charge in [-0.15, -0.1) is 11.6 Å². The maximum absolute atomic E-state index is 12.6. The number of halogens is 1. The molecule has 0 bridgehead atoms. The van der Waals surface area contributed by atoms with Gasteiger partial charge in [-0.1, -0.05) is 13.8 Å². The van der Waals surface area contributed by atoms with Gasteiger partial charge < -0.3 is 5.32 Å². The summed E-state index contributed by atoms with van der Waals surface area (Å²) in [5.41, 5.74) is 1.36. The van der Waals surface area contributed by atoms with Gasteiger partial charge in [-0.3, -0.25) is 9.48 Å². The van der Waals surface area contributed by atoms with E-state index in [0.717, 1.165) is 43.7 Å². The first-order chi connectivity index (χ1) is 10.0. The molecular weight excluding hydrogens is 286 g/mol. The topological polar surface area (TPSA) is 46.9 Å². The lowest BCUT2D eigenvalue weighted by Crippen LogP contribution is -2.52. The summed E-state index contributed by atoms with van der Waals surface area (Å²) in [6, 6.07) is 1.90. The van der Waals surface area contributed by atoms with Gasteiger partial charge in [-0.05, 0) is 51.0 Å². The van der Waals surface area contributed by atoms with Crippen LogP contribution < -0.4 is 5.32 Å². The summed E-state index contributed by atoms with van der Waals surface area (Å²) in [7, 11) is 0. The molecule has 0 unspecified atom stereocenters. The summed E-state index contributed by atoms with van der Waals surface area (Å²) in [4.78, 5) is 12.6. The number of hydrogen-bond acceptors (Lipinski definition) is 2. The van der Waals surface area contributed by atoms with E-state index in [1.54, 1.807) is 4.68 Å². The zero-order valence-corrected chi connectivity index (χ0v) is 14.0. The van der Waals surface area contributed by atoms with Crippen LogP contribution >= 0.6 is 11.6 Å². The molecule has 1 aromatic rings. The minimum atomic E-state index is -0.250. The van der Waals surface area contributed by atoms with E-state index < -0.39 is 0 Å². The lowest BCUT2D eigenvalue weighted by molar-refractivity contribution is 0.0861. The van der Waals surface area contributed by atoms with Crippen molar-refractivity contribution in [3.8, 4) is 0 Å². The smallest absolute Gasteiger partial charge is 0.270 e. The maximum atomic E-state index is 12.6. The molecule has 0 atom stereocenters. The largest absolute Gasteiger partial charge is 0.344 e. The first-order valence-corrected chi connectivity index (χ1v) is 8.52. The van der Waals surface area contributed by atoms with Crippen LogP contribution in [-0.2, 0) is 13.0 Å². The van der Waals surface area contributed by atoms with Crippen molar-refractivity contribution in [1.82, 2.24) is 15.1 Å². The molecule has 2 rings (SSSR count). The van der Waals surface area contributed by atoms with Crippen molar-refractivity contribution in [3.63, 3.8) is 0 Å². The van der Waals surface area contributed by atoms with E-state index in [1.807, 2.05) is 19.9 Å². The zero-order chi connectivity index (χ0) is 15.5. The number of hydrogen-bond donors (Lipinski definition) is 1. The molecule has 1 aromatic heterocycles. The third kappa shape index (κ3) is 3.60. The Labute approximate surface area is 132 Å². The number of amides is 1. The predicted molar refractivity (Wildman–Crippen MR) is 85.8 cm³/mol. The highest BCUT2D eigenvalue weighted by atomic mass is 35.5. The second-order valence-corrected chi connectivity index (χ2v) is 6.51. The van der Waals surface area contributed by atoms with Gasteiger partial charge in [0.1, 0.15) is 5.69 Å². The Kier molecular flexibility index (Phi) is 5.31. The number of rotatable bonds is 5. The van der Waals surface area contributed by atoms with E-state index in [0.29, 0.717) is 18.1 Å². The van der Waals surface area contributed by atoms with E-state index in [9.17, 15) is 4.79 Å². The fourth-order valence-corrected chi connectivity index (χ4v) is 3.31. The van der Waals surface area contributed by atoms with Crippen LogP contribution in [0, 0.1) is 5.92 Å². The number of carbonyl (C=O) groups excluding carboxylic acids is 1. The Hall–Kier alpha value is -1.03. The zero-order valence-electron chi connectivity index (χ0n) is 13.3. The van der Waals surface area contributed by atoms with Crippen LogP contribution in [-0.4, -0.2) is 27.1 Å². The molecule has 0 aliphatic heterocycles. The Morgan fingerprint density at radius 1 is 1.48 bits per heavy atom. The van der Waals surface area contributed by atoms with Crippen LogP contribution in [0.5, 0.6) is 0 Å². The third-order valence-corrected chi connectivity index (χ3v) is 5.10. The molecule has 118 valence electrons. The molecule has 5 heteroatoms. The lowest BCUT2D eigenvalue weighted by atomic mass is 9.78. The van der Waals surface area contributed by atoms with Crippen molar-refractivity contribution in [2.24, 2.45) is 5.92 Å². The standard InChI is InChI=1S/C16H26ClN3O/c1-4-13-10-14(20(5-2)19-13)15(21)18-16(11-17)8-6-12(3)7-9-16/h10,12H,4-9,11H2,1-3H3,(H,18,21). The second-order valence-electron chi connectivity index (χ2n) is 6.24. The van der Waals surface area contributed by atoms with Crippen LogP contribution in [0.3, 0.4) is 0 Å². The molecule has 1 heterocycles. The van der Waals surface area contributed by atoms with E-state index in [2.05, 4.69) is 17.3 Å². The number of alkyl halides is 1. The van der Waals surface area contributed by atoms with E-state index in [4.69, 9.17) is 11.6 Å². The Bertz CT molecular complexity index is 490. The minimum absolute atomic E-state index is 0.0424. The Morgan fingerprint density at radius 3 is 2.67 bits per heavy atom. The van der Waals surface area contributed by atoms with Crippen LogP contribution in [0.15, 0.2) is 6.07 Å². The predicted octanol–water partition coefficient (Wildman–Crippen LogP) is 3.38. The normalized spacial score (nSPS) is 25.8. The summed E-state index contributed by atoms with van der Waals surface area (Å²) in [5, 5.41) is 7.64. The van der Waals surface area contributed by atoms with E-state index >= 15 is 0 Å². The molecule has 1 N–H and O–H groups in total. The summed E-state index contributed by atoms with van der Waals surface area (Å²) in [6.07, 6.45) is 5.01. The van der Waals surface area contributed by atoms with Gasteiger partial charge in [0.25, 0.3) is 5.91 Å². The monoisotopic (exact) mass is 311 g/mol. The maximum Gasteiger partial charge on any atom is 0.270 e. The van der Waals surface area contributed by atoms with Gasteiger partial charge in [0.15, 0.2) is 0 Å². The van der Waals surface area contributed by atoms with Crippen molar-refractivity contribution in [2.75, 3.05) is 5.88 Å². The van der Waals surface area contributed by atoms with Crippen LogP contribution in [0.25, 0.3) is 0 Å². The molecule has 1 aliphatic rings. The van der Waals surface area contributed by atoms with Crippen LogP contribution in [0.2, 0.25) is 0 Å². The fraction of sp³-hybridized carbons (Fsp3) is 0.750. The van der Waals surface area contributed by atoms with Crippen LogP contribution in [0.4, 0.5) is 0 Å². The molecule has 0 saturated heterocycles. The highest BCUT2D eigenvalue weighted by molar-refractivity contribution is 6.19. The number of nitrogens with zero attached hydrogens (tertiary/aromatic N) is 2. The average molecular weight is 312 g/mol. The SMILES string of the molecule is CCc1cc(C(=O)NC2(CCl)CCC(C)CC2)n(CC)n1. The van der Waals surface area contributed by atoms with Crippen molar-refractivity contribution in [3.05, 3.63) is 17.5 Å². The number of carbonyl (C=O) groups is 1. The van der Waals surface area contributed by atoms with Gasteiger partial charge in [-0.2, -0.15) is 5.10 Å². The van der Waals surface area contributed by atoms with Gasteiger partial charge in [0.2, 0.25) is 0 Å². The minimum Gasteiger partial charge on any atom is -0.344 e. The first kappa shape index (κ1) is 16.3. The quantitative estimate of drug-likeness (QED) is 0.847. The molecule has 1 saturated carbocycles. The highest BCUT2D eigenvalue weighted by Gasteiger charge is 2.35. The van der Waals surface area contributed by atoms with Crippen molar-refractivity contribution < 1.29 is 4.79 Å². The summed E-state index contributed by atoms with van der Waals surface area (Å²) in [6.45, 7) is 7.02. The van der Waals surface area contributed by atoms with Crippen molar-refractivity contribution >= 4 is 17.5 Å². The Morgan fingerprint density at radius 2 is 2.14 bits per heavy atom. The Balaban J connectivity index is 2.14.